The molecule has 1 aliphatic heterocycles. The third-order valence-electron chi connectivity index (χ3n) is 5.33. The number of fused-ring (bicyclic) bond motifs is 1. The van der Waals surface area contributed by atoms with Gasteiger partial charge in [-0.15, -0.1) is 0 Å². The first-order chi connectivity index (χ1) is 15.2. The zero-order valence-corrected chi connectivity index (χ0v) is 21.4. The van der Waals surface area contributed by atoms with Crippen LogP contribution < -0.4 is 4.90 Å². The molecule has 32 heavy (non-hydrogen) atoms. The Bertz CT molecular complexity index is 1150. The summed E-state index contributed by atoms with van der Waals surface area (Å²) in [5.41, 5.74) is 1.45. The largest absolute Gasteiger partial charge is 0.444 e. The minimum atomic E-state index is -0.540. The summed E-state index contributed by atoms with van der Waals surface area (Å²) in [7, 11) is 1.47. The molecule has 4 rings (SSSR count). The Labute approximate surface area is 203 Å². The molecule has 0 radical (unpaired) electrons. The van der Waals surface area contributed by atoms with Crippen molar-refractivity contribution in [3.05, 3.63) is 42.6 Å². The summed E-state index contributed by atoms with van der Waals surface area (Å²) >= 11 is 2.19. The molecule has 7 nitrogen and oxygen atoms in total. The highest BCUT2D eigenvalue weighted by molar-refractivity contribution is 14.2. The predicted octanol–water partition coefficient (Wildman–Crippen LogP) is 5.53. The topological polar surface area (TPSA) is 63.5 Å². The highest BCUT2D eigenvalue weighted by atomic mass is 127. The molecule has 170 valence electrons. The lowest BCUT2D eigenvalue weighted by molar-refractivity contribution is 0.0159. The smallest absolute Gasteiger partial charge is 0.410 e. The van der Waals surface area contributed by atoms with Crippen LogP contribution in [-0.2, 0) is 4.74 Å². The standard InChI is InChI=1S/C22H25FIN5O2S/c1-14-11-27(9-10-28(14)21(30)31-22(2,3)4)19-18-16(15-7-5-6-8-17(15)23)12-29(32-24)20(18)26-13-25-19/h5-8,12-14H,9-11H2,1-4H3. The van der Waals surface area contributed by atoms with Gasteiger partial charge in [-0.25, -0.2) is 19.2 Å². The number of carbonyl (C=O) groups excluding carboxylic acids is 1. The van der Waals surface area contributed by atoms with Crippen LogP contribution in [0.3, 0.4) is 0 Å². The second kappa shape index (κ2) is 9.05. The number of anilines is 1. The molecule has 1 aromatic carbocycles. The number of piperazine rings is 1. The Balaban J connectivity index is 1.71. The van der Waals surface area contributed by atoms with Crippen molar-refractivity contribution in [2.24, 2.45) is 0 Å². The summed E-state index contributed by atoms with van der Waals surface area (Å²) in [6, 6.07) is 6.67. The summed E-state index contributed by atoms with van der Waals surface area (Å²) < 4.78 is 22.2. The minimum Gasteiger partial charge on any atom is -0.444 e. The highest BCUT2D eigenvalue weighted by Crippen LogP contribution is 2.39. The molecule has 1 aliphatic rings. The molecule has 0 bridgehead atoms. The molecule has 1 unspecified atom stereocenters. The molecule has 0 N–H and O–H groups in total. The van der Waals surface area contributed by atoms with Crippen molar-refractivity contribution in [3.8, 4) is 11.1 Å². The second-order valence-corrected chi connectivity index (χ2v) is 10.5. The van der Waals surface area contributed by atoms with Crippen molar-refractivity contribution >= 4 is 53.3 Å². The van der Waals surface area contributed by atoms with Crippen molar-refractivity contribution in [1.29, 1.82) is 0 Å². The molecule has 10 heteroatoms. The Morgan fingerprint density at radius 1 is 1.22 bits per heavy atom. The predicted molar refractivity (Wildman–Crippen MR) is 135 cm³/mol. The SMILES string of the molecule is CC1CN(c2ncnc3c2c(-c2ccccc2F)cn3SI)CCN1C(=O)OC(C)(C)C. The second-order valence-electron chi connectivity index (χ2n) is 8.78. The summed E-state index contributed by atoms with van der Waals surface area (Å²) in [5, 5.41) is 0.805. The molecule has 0 aliphatic carbocycles. The van der Waals surface area contributed by atoms with Gasteiger partial charge in [0, 0.05) is 73.3 Å². The fourth-order valence-corrected chi connectivity index (χ4v) is 5.19. The molecule has 1 fully saturated rings. The molecular formula is C22H25FIN5O2S. The van der Waals surface area contributed by atoms with E-state index < -0.39 is 5.60 Å². The number of amides is 1. The van der Waals surface area contributed by atoms with Gasteiger partial charge in [0.1, 0.15) is 23.6 Å². The number of hydrogen-bond acceptors (Lipinski definition) is 6. The van der Waals surface area contributed by atoms with E-state index in [9.17, 15) is 9.18 Å². The van der Waals surface area contributed by atoms with E-state index in [-0.39, 0.29) is 18.0 Å². The quantitative estimate of drug-likeness (QED) is 0.387. The number of nitrogens with zero attached hydrogens (tertiary/aromatic N) is 5. The van der Waals surface area contributed by atoms with Crippen molar-refractivity contribution < 1.29 is 13.9 Å². The molecule has 1 amide bonds. The maximum atomic E-state index is 14.7. The lowest BCUT2D eigenvalue weighted by Gasteiger charge is -2.40. The normalized spacial score (nSPS) is 17.1. The highest BCUT2D eigenvalue weighted by Gasteiger charge is 2.32. The first kappa shape index (κ1) is 23.1. The maximum absolute atomic E-state index is 14.7. The third kappa shape index (κ3) is 4.52. The average Bonchev–Trinajstić information content (AvgIpc) is 3.11. The Kier molecular flexibility index (Phi) is 6.53. The van der Waals surface area contributed by atoms with Gasteiger partial charge in [-0.1, -0.05) is 18.2 Å². The Morgan fingerprint density at radius 2 is 1.97 bits per heavy atom. The average molecular weight is 569 g/mol. The number of aromatic nitrogens is 3. The monoisotopic (exact) mass is 569 g/mol. The fourth-order valence-electron chi connectivity index (χ4n) is 3.94. The zero-order chi connectivity index (χ0) is 23.0. The van der Waals surface area contributed by atoms with E-state index in [4.69, 9.17) is 4.74 Å². The summed E-state index contributed by atoms with van der Waals surface area (Å²) in [5.74, 6) is 0.455. The molecule has 3 aromatic rings. The minimum absolute atomic E-state index is 0.0680. The van der Waals surface area contributed by atoms with Crippen molar-refractivity contribution in [3.63, 3.8) is 0 Å². The van der Waals surface area contributed by atoms with E-state index in [1.54, 1.807) is 17.0 Å². The van der Waals surface area contributed by atoms with Gasteiger partial charge in [0.2, 0.25) is 0 Å². The fraction of sp³-hybridized carbons (Fsp3) is 0.409. The van der Waals surface area contributed by atoms with Gasteiger partial charge in [0.25, 0.3) is 0 Å². The molecule has 2 aromatic heterocycles. The van der Waals surface area contributed by atoms with Crippen molar-refractivity contribution in [2.45, 2.75) is 39.3 Å². The van der Waals surface area contributed by atoms with Crippen LogP contribution in [0.4, 0.5) is 15.0 Å². The van der Waals surface area contributed by atoms with Gasteiger partial charge in [-0.3, -0.25) is 3.97 Å². The van der Waals surface area contributed by atoms with Gasteiger partial charge < -0.3 is 14.5 Å². The molecular weight excluding hydrogens is 544 g/mol. The van der Waals surface area contributed by atoms with Crippen LogP contribution in [0.25, 0.3) is 22.2 Å². The zero-order valence-electron chi connectivity index (χ0n) is 18.4. The van der Waals surface area contributed by atoms with Crippen LogP contribution >= 0.6 is 30.3 Å². The van der Waals surface area contributed by atoms with Crippen molar-refractivity contribution in [1.82, 2.24) is 18.8 Å². The van der Waals surface area contributed by atoms with Crippen LogP contribution in [0.1, 0.15) is 27.7 Å². The number of halogens is 2. The van der Waals surface area contributed by atoms with Gasteiger partial charge >= 0.3 is 6.09 Å². The number of carbonyl (C=O) groups is 1. The van der Waals surface area contributed by atoms with E-state index in [0.29, 0.717) is 25.2 Å². The summed E-state index contributed by atoms with van der Waals surface area (Å²) in [6.07, 6.45) is 3.13. The first-order valence-electron chi connectivity index (χ1n) is 10.3. The molecule has 3 heterocycles. The van der Waals surface area contributed by atoms with Gasteiger partial charge in [0.05, 0.1) is 5.39 Å². The van der Waals surface area contributed by atoms with Gasteiger partial charge in [0.15, 0.2) is 5.65 Å². The number of hydrogen-bond donors (Lipinski definition) is 0. The number of rotatable bonds is 3. The Morgan fingerprint density at radius 3 is 2.62 bits per heavy atom. The lowest BCUT2D eigenvalue weighted by Crippen LogP contribution is -2.55. The number of ether oxygens (including phenoxy) is 1. The van der Waals surface area contributed by atoms with Crippen molar-refractivity contribution in [2.75, 3.05) is 24.5 Å². The molecule has 1 saturated heterocycles. The van der Waals surface area contributed by atoms with Crippen LogP contribution in [0.5, 0.6) is 0 Å². The van der Waals surface area contributed by atoms with E-state index in [1.807, 2.05) is 43.9 Å². The van der Waals surface area contributed by atoms with E-state index in [2.05, 4.69) is 36.1 Å². The lowest BCUT2D eigenvalue weighted by atomic mass is 10.0. The van der Waals surface area contributed by atoms with Crippen LogP contribution in [-0.4, -0.2) is 56.2 Å². The first-order valence-corrected chi connectivity index (χ1v) is 13.7. The van der Waals surface area contributed by atoms with E-state index in [0.717, 1.165) is 22.4 Å². The van der Waals surface area contributed by atoms with Crippen LogP contribution in [0.2, 0.25) is 0 Å². The van der Waals surface area contributed by atoms with Gasteiger partial charge in [-0.05, 0) is 33.8 Å². The Hall–Kier alpha value is -2.08. The summed E-state index contributed by atoms with van der Waals surface area (Å²) in [6.45, 7) is 9.28. The van der Waals surface area contributed by atoms with E-state index in [1.165, 1.54) is 21.5 Å². The number of benzene rings is 1. The van der Waals surface area contributed by atoms with Crippen LogP contribution in [0.15, 0.2) is 36.8 Å². The molecule has 0 spiro atoms. The van der Waals surface area contributed by atoms with Gasteiger partial charge in [-0.2, -0.15) is 0 Å². The maximum Gasteiger partial charge on any atom is 0.410 e. The van der Waals surface area contributed by atoms with Crippen LogP contribution in [0, 0.1) is 5.82 Å². The molecule has 0 saturated carbocycles. The third-order valence-corrected chi connectivity index (χ3v) is 7.03. The van der Waals surface area contributed by atoms with E-state index >= 15 is 0 Å². The summed E-state index contributed by atoms with van der Waals surface area (Å²) in [4.78, 5) is 25.6. The molecule has 1 atom stereocenters.